The second-order valence-corrected chi connectivity index (χ2v) is 11.1. The van der Waals surface area contributed by atoms with Crippen LogP contribution in [-0.4, -0.2) is 52.9 Å². The van der Waals surface area contributed by atoms with Crippen LogP contribution in [0.3, 0.4) is 0 Å². The summed E-state index contributed by atoms with van der Waals surface area (Å²) < 4.78 is 52.4. The van der Waals surface area contributed by atoms with Crippen molar-refractivity contribution in [2.24, 2.45) is 0 Å². The molecule has 170 valence electrons. The molecule has 8 nitrogen and oxygen atoms in total. The Morgan fingerprint density at radius 2 is 1.65 bits per heavy atom. The summed E-state index contributed by atoms with van der Waals surface area (Å²) >= 11 is 6.15. The van der Waals surface area contributed by atoms with Gasteiger partial charge >= 0.3 is 0 Å². The SMILES string of the molecule is CCN(CC)S(=O)(=O)c1ccc(Cl)c(NC(=O)CN(c2ccccc2C)S(C)(=O)=O)c1. The van der Waals surface area contributed by atoms with Crippen LogP contribution in [0.5, 0.6) is 0 Å². The highest BCUT2D eigenvalue weighted by molar-refractivity contribution is 7.92. The van der Waals surface area contributed by atoms with Gasteiger partial charge in [0.2, 0.25) is 26.0 Å². The van der Waals surface area contributed by atoms with E-state index in [1.807, 2.05) is 0 Å². The molecule has 1 N–H and O–H groups in total. The number of nitrogens with one attached hydrogen (secondary N) is 1. The highest BCUT2D eigenvalue weighted by Gasteiger charge is 2.25. The third-order valence-electron chi connectivity index (χ3n) is 4.63. The number of para-hydroxylation sites is 1. The van der Waals surface area contributed by atoms with Crippen LogP contribution in [0.25, 0.3) is 0 Å². The van der Waals surface area contributed by atoms with Gasteiger partial charge in [0.1, 0.15) is 6.54 Å². The van der Waals surface area contributed by atoms with Crippen LogP contribution in [-0.2, 0) is 24.8 Å². The van der Waals surface area contributed by atoms with Gasteiger partial charge in [0.25, 0.3) is 0 Å². The predicted octanol–water partition coefficient (Wildman–Crippen LogP) is 3.08. The molecular weight excluding hydrogens is 462 g/mol. The summed E-state index contributed by atoms with van der Waals surface area (Å²) in [5.74, 6) is -0.659. The molecule has 2 aromatic rings. The zero-order valence-corrected chi connectivity index (χ0v) is 20.2. The molecule has 0 fully saturated rings. The molecule has 0 bridgehead atoms. The first-order valence-electron chi connectivity index (χ1n) is 9.54. The van der Waals surface area contributed by atoms with Gasteiger partial charge in [-0.3, -0.25) is 9.10 Å². The van der Waals surface area contributed by atoms with Crippen LogP contribution in [0.2, 0.25) is 5.02 Å². The summed E-state index contributed by atoms with van der Waals surface area (Å²) in [6.07, 6.45) is 1.01. The Morgan fingerprint density at radius 3 is 2.19 bits per heavy atom. The van der Waals surface area contributed by atoms with Gasteiger partial charge in [0.05, 0.1) is 27.5 Å². The number of amides is 1. The van der Waals surface area contributed by atoms with Gasteiger partial charge in [-0.25, -0.2) is 16.8 Å². The van der Waals surface area contributed by atoms with E-state index >= 15 is 0 Å². The van der Waals surface area contributed by atoms with E-state index in [9.17, 15) is 21.6 Å². The number of rotatable bonds is 9. The van der Waals surface area contributed by atoms with Crippen molar-refractivity contribution in [1.29, 1.82) is 0 Å². The molecule has 0 aromatic heterocycles. The lowest BCUT2D eigenvalue weighted by molar-refractivity contribution is -0.114. The number of sulfonamides is 2. The van der Waals surface area contributed by atoms with Crippen molar-refractivity contribution in [2.75, 3.05) is 35.5 Å². The maximum absolute atomic E-state index is 12.8. The van der Waals surface area contributed by atoms with Gasteiger partial charge < -0.3 is 5.32 Å². The first-order chi connectivity index (χ1) is 14.4. The van der Waals surface area contributed by atoms with E-state index in [0.29, 0.717) is 24.3 Å². The van der Waals surface area contributed by atoms with Crippen molar-refractivity contribution < 1.29 is 21.6 Å². The molecule has 0 heterocycles. The minimum Gasteiger partial charge on any atom is -0.323 e. The van der Waals surface area contributed by atoms with Crippen molar-refractivity contribution in [3.05, 3.63) is 53.1 Å². The fourth-order valence-electron chi connectivity index (χ4n) is 3.02. The summed E-state index contributed by atoms with van der Waals surface area (Å²) in [6, 6.07) is 10.8. The van der Waals surface area contributed by atoms with E-state index in [4.69, 9.17) is 11.6 Å². The molecular formula is C20H26ClN3O5S2. The summed E-state index contributed by atoms with van der Waals surface area (Å²) in [5.41, 5.74) is 1.15. The molecule has 0 saturated carbocycles. The number of carbonyl (C=O) groups is 1. The van der Waals surface area contributed by atoms with Gasteiger partial charge in [0.15, 0.2) is 0 Å². The highest BCUT2D eigenvalue weighted by Crippen LogP contribution is 2.28. The number of halogens is 1. The first kappa shape index (κ1) is 25.1. The molecule has 0 atom stereocenters. The van der Waals surface area contributed by atoms with Gasteiger partial charge in [-0.1, -0.05) is 43.6 Å². The molecule has 11 heteroatoms. The van der Waals surface area contributed by atoms with Crippen LogP contribution < -0.4 is 9.62 Å². The third-order valence-corrected chi connectivity index (χ3v) is 8.13. The van der Waals surface area contributed by atoms with Crippen LogP contribution >= 0.6 is 11.6 Å². The number of hydrogen-bond acceptors (Lipinski definition) is 5. The van der Waals surface area contributed by atoms with Gasteiger partial charge in [0, 0.05) is 13.1 Å². The Kier molecular flexibility index (Phi) is 8.09. The summed E-state index contributed by atoms with van der Waals surface area (Å²) in [4.78, 5) is 12.7. The smallest absolute Gasteiger partial charge is 0.245 e. The molecule has 1 amide bonds. The zero-order valence-electron chi connectivity index (χ0n) is 17.8. The first-order valence-corrected chi connectivity index (χ1v) is 13.2. The van der Waals surface area contributed by atoms with E-state index in [1.165, 1.54) is 22.5 Å². The normalized spacial score (nSPS) is 12.1. The molecule has 0 aliphatic carbocycles. The summed E-state index contributed by atoms with van der Waals surface area (Å²) in [6.45, 7) is 5.29. The molecule has 0 radical (unpaired) electrons. The average molecular weight is 488 g/mol. The Hall–Kier alpha value is -2.14. The lowest BCUT2D eigenvalue weighted by Gasteiger charge is -2.24. The summed E-state index contributed by atoms with van der Waals surface area (Å²) in [7, 11) is -7.50. The maximum atomic E-state index is 12.8. The second-order valence-electron chi connectivity index (χ2n) is 6.84. The fraction of sp³-hybridized carbons (Fsp3) is 0.350. The molecule has 0 saturated heterocycles. The van der Waals surface area contributed by atoms with Gasteiger partial charge in [-0.05, 0) is 36.8 Å². The topological polar surface area (TPSA) is 104 Å². The Balaban J connectivity index is 2.34. The van der Waals surface area contributed by atoms with E-state index in [1.54, 1.807) is 45.0 Å². The number of benzene rings is 2. The third kappa shape index (κ3) is 5.97. The average Bonchev–Trinajstić information content (AvgIpc) is 2.68. The molecule has 0 spiro atoms. The monoisotopic (exact) mass is 487 g/mol. The van der Waals surface area contributed by atoms with Crippen molar-refractivity contribution in [2.45, 2.75) is 25.7 Å². The molecule has 2 rings (SSSR count). The summed E-state index contributed by atoms with van der Waals surface area (Å²) in [5, 5.41) is 2.66. The lowest BCUT2D eigenvalue weighted by Crippen LogP contribution is -2.38. The van der Waals surface area contributed by atoms with Crippen LogP contribution in [0.15, 0.2) is 47.4 Å². The van der Waals surface area contributed by atoms with Crippen molar-refractivity contribution in [3.8, 4) is 0 Å². The molecule has 0 unspecified atom stereocenters. The van der Waals surface area contributed by atoms with Crippen molar-refractivity contribution in [1.82, 2.24) is 4.31 Å². The molecule has 2 aromatic carbocycles. The quantitative estimate of drug-likeness (QED) is 0.585. The number of hydrogen-bond donors (Lipinski definition) is 1. The highest BCUT2D eigenvalue weighted by atomic mass is 35.5. The molecule has 31 heavy (non-hydrogen) atoms. The van der Waals surface area contributed by atoms with Crippen molar-refractivity contribution in [3.63, 3.8) is 0 Å². The molecule has 0 aliphatic rings. The van der Waals surface area contributed by atoms with Crippen LogP contribution in [0.4, 0.5) is 11.4 Å². The van der Waals surface area contributed by atoms with E-state index < -0.39 is 32.5 Å². The number of nitrogens with zero attached hydrogens (tertiary/aromatic N) is 2. The van der Waals surface area contributed by atoms with E-state index in [2.05, 4.69) is 5.32 Å². The number of anilines is 2. The molecule has 0 aliphatic heterocycles. The number of aryl methyl sites for hydroxylation is 1. The van der Waals surface area contributed by atoms with E-state index in [-0.39, 0.29) is 15.6 Å². The van der Waals surface area contributed by atoms with Gasteiger partial charge in [-0.15, -0.1) is 0 Å². The van der Waals surface area contributed by atoms with E-state index in [0.717, 1.165) is 10.6 Å². The second kappa shape index (κ2) is 9.99. The fourth-order valence-corrected chi connectivity index (χ4v) is 5.58. The minimum absolute atomic E-state index is 0.0187. The standard InChI is InChI=1S/C20H26ClN3O5S2/c1-5-23(6-2)31(28,29)16-11-12-17(21)18(13-16)22-20(25)14-24(30(4,26)27)19-10-8-7-9-15(19)3/h7-13H,5-6,14H2,1-4H3,(H,22,25). The Morgan fingerprint density at radius 1 is 1.03 bits per heavy atom. The predicted molar refractivity (Wildman–Crippen MR) is 124 cm³/mol. The largest absolute Gasteiger partial charge is 0.323 e. The lowest BCUT2D eigenvalue weighted by atomic mass is 10.2. The van der Waals surface area contributed by atoms with Crippen LogP contribution in [0, 0.1) is 6.92 Å². The zero-order chi connectivity index (χ0) is 23.4. The van der Waals surface area contributed by atoms with Crippen molar-refractivity contribution >= 4 is 48.9 Å². The maximum Gasteiger partial charge on any atom is 0.245 e. The Labute approximate surface area is 188 Å². The minimum atomic E-state index is -3.75. The Bertz CT molecular complexity index is 1160. The van der Waals surface area contributed by atoms with Gasteiger partial charge in [-0.2, -0.15) is 4.31 Å². The van der Waals surface area contributed by atoms with Crippen LogP contribution in [0.1, 0.15) is 19.4 Å². The number of carbonyl (C=O) groups excluding carboxylic acids is 1.